The van der Waals surface area contributed by atoms with Gasteiger partial charge in [-0.25, -0.2) is 9.78 Å². The third kappa shape index (κ3) is 14.3. The van der Waals surface area contributed by atoms with Gasteiger partial charge < -0.3 is 11.1 Å². The third-order valence-corrected chi connectivity index (χ3v) is 3.56. The Bertz CT molecular complexity index is 180. The molecule has 0 aliphatic carbocycles. The fraction of sp³-hybridized carbons (Fsp3) is 1.00. The number of hydrogen-bond donors (Lipinski definition) is 2. The molecule has 0 bridgehead atoms. The fourth-order valence-corrected chi connectivity index (χ4v) is 2.39. The van der Waals surface area contributed by atoms with E-state index in [1.54, 1.807) is 7.11 Å². The van der Waals surface area contributed by atoms with Crippen LogP contribution in [0.15, 0.2) is 0 Å². The van der Waals surface area contributed by atoms with E-state index < -0.39 is 0 Å². The predicted octanol–water partition coefficient (Wildman–Crippen LogP) is 3.40. The molecule has 4 nitrogen and oxygen atoms in total. The van der Waals surface area contributed by atoms with E-state index in [1.165, 1.54) is 44.9 Å². The number of unbranched alkanes of at least 4 members (excludes halogenated alkanes) is 6. The smallest absolute Gasteiger partial charge is 0.0930 e. The standard InChI is InChI=1S/C16H36N2O2/c1-3-4-5-6-7-8-9-11-16(20-19-2)12-10-14-18-15-13-17/h16,18H,3-15,17H2,1-2H3. The summed E-state index contributed by atoms with van der Waals surface area (Å²) < 4.78 is 0. The molecule has 0 aromatic heterocycles. The summed E-state index contributed by atoms with van der Waals surface area (Å²) in [4.78, 5) is 10.2. The van der Waals surface area contributed by atoms with E-state index in [4.69, 9.17) is 15.5 Å². The molecule has 0 saturated carbocycles. The van der Waals surface area contributed by atoms with Crippen LogP contribution >= 0.6 is 0 Å². The Hall–Kier alpha value is -0.160. The van der Waals surface area contributed by atoms with Gasteiger partial charge in [0.15, 0.2) is 0 Å². The third-order valence-electron chi connectivity index (χ3n) is 3.56. The van der Waals surface area contributed by atoms with Crippen LogP contribution in [0.1, 0.15) is 71.1 Å². The summed E-state index contributed by atoms with van der Waals surface area (Å²) in [6.45, 7) is 4.87. The second-order valence-electron chi connectivity index (χ2n) is 5.48. The molecule has 0 fully saturated rings. The van der Waals surface area contributed by atoms with Crippen LogP contribution in [-0.4, -0.2) is 32.8 Å². The molecule has 1 atom stereocenters. The molecule has 0 aliphatic rings. The average molecular weight is 288 g/mol. The van der Waals surface area contributed by atoms with E-state index in [0.29, 0.717) is 6.54 Å². The van der Waals surface area contributed by atoms with Gasteiger partial charge in [0, 0.05) is 13.1 Å². The maximum Gasteiger partial charge on any atom is 0.0930 e. The second kappa shape index (κ2) is 16.9. The van der Waals surface area contributed by atoms with Gasteiger partial charge in [-0.2, -0.15) is 0 Å². The molecule has 1 unspecified atom stereocenters. The molecule has 0 amide bonds. The highest BCUT2D eigenvalue weighted by molar-refractivity contribution is 4.59. The molecule has 0 spiro atoms. The van der Waals surface area contributed by atoms with Crippen molar-refractivity contribution in [2.75, 3.05) is 26.7 Å². The van der Waals surface area contributed by atoms with Crippen LogP contribution in [0.3, 0.4) is 0 Å². The van der Waals surface area contributed by atoms with Gasteiger partial charge in [0.25, 0.3) is 0 Å². The lowest BCUT2D eigenvalue weighted by atomic mass is 10.0. The zero-order valence-electron chi connectivity index (χ0n) is 13.7. The monoisotopic (exact) mass is 288 g/mol. The maximum absolute atomic E-state index is 5.44. The Labute approximate surface area is 125 Å². The molecular weight excluding hydrogens is 252 g/mol. The number of nitrogens with two attached hydrogens (primary N) is 1. The minimum Gasteiger partial charge on any atom is -0.329 e. The minimum atomic E-state index is 0.246. The first-order valence-corrected chi connectivity index (χ1v) is 8.45. The van der Waals surface area contributed by atoms with Gasteiger partial charge in [0.05, 0.1) is 13.2 Å². The van der Waals surface area contributed by atoms with Crippen molar-refractivity contribution in [3.05, 3.63) is 0 Å². The zero-order valence-corrected chi connectivity index (χ0v) is 13.7. The Kier molecular flexibility index (Phi) is 16.8. The van der Waals surface area contributed by atoms with Crippen LogP contribution < -0.4 is 11.1 Å². The Morgan fingerprint density at radius 2 is 1.55 bits per heavy atom. The summed E-state index contributed by atoms with van der Waals surface area (Å²) in [5.41, 5.74) is 5.44. The van der Waals surface area contributed by atoms with Crippen LogP contribution in [0.5, 0.6) is 0 Å². The van der Waals surface area contributed by atoms with Crippen molar-refractivity contribution >= 4 is 0 Å². The van der Waals surface area contributed by atoms with Gasteiger partial charge in [-0.15, -0.1) is 0 Å². The maximum atomic E-state index is 5.44. The highest BCUT2D eigenvalue weighted by Crippen LogP contribution is 2.14. The Morgan fingerprint density at radius 3 is 2.20 bits per heavy atom. The first-order chi connectivity index (χ1) is 9.85. The van der Waals surface area contributed by atoms with Crippen LogP contribution in [0.4, 0.5) is 0 Å². The average Bonchev–Trinajstić information content (AvgIpc) is 2.46. The van der Waals surface area contributed by atoms with Crippen LogP contribution in [0.2, 0.25) is 0 Å². The topological polar surface area (TPSA) is 56.5 Å². The minimum absolute atomic E-state index is 0.246. The lowest BCUT2D eigenvalue weighted by Crippen LogP contribution is -2.24. The number of rotatable bonds is 16. The van der Waals surface area contributed by atoms with E-state index >= 15 is 0 Å². The highest BCUT2D eigenvalue weighted by atomic mass is 17.2. The molecule has 4 heteroatoms. The van der Waals surface area contributed by atoms with E-state index in [0.717, 1.165) is 32.4 Å². The van der Waals surface area contributed by atoms with Crippen LogP contribution in [0.25, 0.3) is 0 Å². The van der Waals surface area contributed by atoms with Crippen molar-refractivity contribution in [3.8, 4) is 0 Å². The van der Waals surface area contributed by atoms with E-state index in [9.17, 15) is 0 Å². The van der Waals surface area contributed by atoms with Crippen molar-refractivity contribution in [1.82, 2.24) is 5.32 Å². The summed E-state index contributed by atoms with van der Waals surface area (Å²) in [7, 11) is 1.60. The van der Waals surface area contributed by atoms with E-state index in [1.807, 2.05) is 0 Å². The largest absolute Gasteiger partial charge is 0.329 e. The molecule has 0 saturated heterocycles. The second-order valence-corrected chi connectivity index (χ2v) is 5.48. The Balaban J connectivity index is 3.44. The summed E-state index contributed by atoms with van der Waals surface area (Å²) in [5.74, 6) is 0. The molecule has 3 N–H and O–H groups in total. The van der Waals surface area contributed by atoms with Gasteiger partial charge >= 0.3 is 0 Å². The van der Waals surface area contributed by atoms with Gasteiger partial charge in [-0.1, -0.05) is 51.9 Å². The molecule has 0 aromatic carbocycles. The summed E-state index contributed by atoms with van der Waals surface area (Å²) in [6, 6.07) is 0. The van der Waals surface area contributed by atoms with Crippen LogP contribution in [0, 0.1) is 0 Å². The quantitative estimate of drug-likeness (QED) is 0.260. The molecule has 0 radical (unpaired) electrons. The number of hydrogen-bond acceptors (Lipinski definition) is 4. The van der Waals surface area contributed by atoms with Crippen molar-refractivity contribution in [1.29, 1.82) is 0 Å². The lowest BCUT2D eigenvalue weighted by molar-refractivity contribution is -0.307. The summed E-state index contributed by atoms with van der Waals surface area (Å²) in [5, 5.41) is 3.31. The zero-order chi connectivity index (χ0) is 14.9. The molecule has 0 rings (SSSR count). The normalized spacial score (nSPS) is 12.8. The van der Waals surface area contributed by atoms with Gasteiger partial charge in [0.2, 0.25) is 0 Å². The van der Waals surface area contributed by atoms with Crippen LogP contribution in [-0.2, 0) is 9.78 Å². The highest BCUT2D eigenvalue weighted by Gasteiger charge is 2.09. The SMILES string of the molecule is CCCCCCCCCC(CCCNCCN)OOC. The van der Waals surface area contributed by atoms with Gasteiger partial charge in [0.1, 0.15) is 0 Å². The van der Waals surface area contributed by atoms with Gasteiger partial charge in [-0.3, -0.25) is 0 Å². The van der Waals surface area contributed by atoms with Crippen molar-refractivity contribution in [2.24, 2.45) is 5.73 Å². The van der Waals surface area contributed by atoms with Crippen molar-refractivity contribution in [3.63, 3.8) is 0 Å². The first-order valence-electron chi connectivity index (χ1n) is 8.45. The predicted molar refractivity (Wildman–Crippen MR) is 85.7 cm³/mol. The summed E-state index contributed by atoms with van der Waals surface area (Å²) >= 11 is 0. The molecule has 122 valence electrons. The first kappa shape index (κ1) is 19.8. The van der Waals surface area contributed by atoms with Gasteiger partial charge in [-0.05, 0) is 25.8 Å². The van der Waals surface area contributed by atoms with E-state index in [2.05, 4.69) is 12.2 Å². The lowest BCUT2D eigenvalue weighted by Gasteiger charge is -2.15. The van der Waals surface area contributed by atoms with E-state index in [-0.39, 0.29) is 6.10 Å². The summed E-state index contributed by atoms with van der Waals surface area (Å²) in [6.07, 6.45) is 12.9. The molecule has 20 heavy (non-hydrogen) atoms. The fourth-order valence-electron chi connectivity index (χ4n) is 2.39. The molecule has 0 aliphatic heterocycles. The molecular formula is C16H36N2O2. The van der Waals surface area contributed by atoms with Crippen molar-refractivity contribution in [2.45, 2.75) is 77.2 Å². The van der Waals surface area contributed by atoms with Crippen molar-refractivity contribution < 1.29 is 9.78 Å². The molecule has 0 heterocycles. The number of nitrogens with one attached hydrogen (secondary N) is 1. The Morgan fingerprint density at radius 1 is 0.900 bits per heavy atom. The molecule has 0 aromatic rings.